The fourth-order valence-electron chi connectivity index (χ4n) is 2.33. The number of anilines is 1. The summed E-state index contributed by atoms with van der Waals surface area (Å²) in [6, 6.07) is 13.9. The summed E-state index contributed by atoms with van der Waals surface area (Å²) < 4.78 is 9.94. The van der Waals surface area contributed by atoms with Crippen molar-refractivity contribution < 1.29 is 23.9 Å². The second-order valence-electron chi connectivity index (χ2n) is 6.40. The molecule has 2 rings (SSSR count). The van der Waals surface area contributed by atoms with Gasteiger partial charge >= 0.3 is 5.97 Å². The molecule has 2 amide bonds. The van der Waals surface area contributed by atoms with E-state index in [2.05, 4.69) is 29.2 Å². The third-order valence-corrected chi connectivity index (χ3v) is 3.97. The van der Waals surface area contributed by atoms with Gasteiger partial charge in [-0.25, -0.2) is 0 Å². The zero-order valence-electron chi connectivity index (χ0n) is 16.2. The van der Waals surface area contributed by atoms with Gasteiger partial charge in [-0.1, -0.05) is 26.0 Å². The fraction of sp³-hybridized carbons (Fsp3) is 0.286. The highest BCUT2D eigenvalue weighted by molar-refractivity contribution is 5.97. The summed E-state index contributed by atoms with van der Waals surface area (Å²) >= 11 is 0. The summed E-state index contributed by atoms with van der Waals surface area (Å²) in [5.41, 5.74) is 2.10. The largest absolute Gasteiger partial charge is 0.484 e. The van der Waals surface area contributed by atoms with Crippen LogP contribution in [-0.4, -0.2) is 38.0 Å². The first-order valence-corrected chi connectivity index (χ1v) is 8.86. The summed E-state index contributed by atoms with van der Waals surface area (Å²) in [7, 11) is 1.25. The van der Waals surface area contributed by atoms with Gasteiger partial charge in [0.25, 0.3) is 11.8 Å². The highest BCUT2D eigenvalue weighted by Crippen LogP contribution is 2.18. The monoisotopic (exact) mass is 384 g/mol. The Bertz CT molecular complexity index is 814. The topological polar surface area (TPSA) is 93.7 Å². The number of carbonyl (C=O) groups excluding carboxylic acids is 3. The third-order valence-electron chi connectivity index (χ3n) is 3.97. The van der Waals surface area contributed by atoms with Crippen molar-refractivity contribution in [1.82, 2.24) is 5.32 Å². The molecule has 0 bridgehead atoms. The summed E-state index contributed by atoms with van der Waals surface area (Å²) in [4.78, 5) is 35.0. The van der Waals surface area contributed by atoms with Gasteiger partial charge in [0, 0.05) is 11.3 Å². The van der Waals surface area contributed by atoms with Crippen molar-refractivity contribution in [3.63, 3.8) is 0 Å². The van der Waals surface area contributed by atoms with E-state index in [-0.39, 0.29) is 19.1 Å². The number of nitrogens with one attached hydrogen (secondary N) is 2. The van der Waals surface area contributed by atoms with Crippen LogP contribution in [0.5, 0.6) is 5.75 Å². The van der Waals surface area contributed by atoms with E-state index in [0.717, 1.165) is 0 Å². The van der Waals surface area contributed by atoms with Crippen LogP contribution >= 0.6 is 0 Å². The van der Waals surface area contributed by atoms with Crippen LogP contribution in [0.25, 0.3) is 0 Å². The lowest BCUT2D eigenvalue weighted by Gasteiger charge is -2.10. The molecule has 2 N–H and O–H groups in total. The molecule has 0 heterocycles. The van der Waals surface area contributed by atoms with Gasteiger partial charge in [0.2, 0.25) is 0 Å². The van der Waals surface area contributed by atoms with E-state index in [9.17, 15) is 14.4 Å². The first kappa shape index (κ1) is 21.0. The van der Waals surface area contributed by atoms with Gasteiger partial charge in [0.15, 0.2) is 6.61 Å². The first-order valence-electron chi connectivity index (χ1n) is 8.86. The van der Waals surface area contributed by atoms with Gasteiger partial charge < -0.3 is 20.1 Å². The molecular weight excluding hydrogens is 360 g/mol. The van der Waals surface area contributed by atoms with E-state index < -0.39 is 11.9 Å². The maximum Gasteiger partial charge on any atom is 0.325 e. The van der Waals surface area contributed by atoms with E-state index in [4.69, 9.17) is 4.74 Å². The van der Waals surface area contributed by atoms with E-state index in [1.165, 1.54) is 12.7 Å². The number of methoxy groups -OCH3 is 1. The van der Waals surface area contributed by atoms with Crippen LogP contribution in [0.3, 0.4) is 0 Å². The Hall–Kier alpha value is -3.35. The average molecular weight is 384 g/mol. The average Bonchev–Trinajstić information content (AvgIpc) is 2.71. The molecule has 28 heavy (non-hydrogen) atoms. The molecule has 0 fully saturated rings. The van der Waals surface area contributed by atoms with Crippen LogP contribution in [0, 0.1) is 0 Å². The maximum absolute atomic E-state index is 12.0. The number of hydrogen-bond donors (Lipinski definition) is 2. The molecule has 0 spiro atoms. The minimum absolute atomic E-state index is 0.123. The number of carbonyl (C=O) groups is 3. The Morgan fingerprint density at radius 1 is 0.964 bits per heavy atom. The molecule has 0 saturated carbocycles. The minimum Gasteiger partial charge on any atom is -0.484 e. The molecule has 0 aromatic heterocycles. The Balaban J connectivity index is 1.81. The number of benzene rings is 2. The Morgan fingerprint density at radius 2 is 1.61 bits per heavy atom. The molecule has 0 unspecified atom stereocenters. The molecule has 7 nitrogen and oxygen atoms in total. The zero-order chi connectivity index (χ0) is 20.5. The predicted molar refractivity (Wildman–Crippen MR) is 105 cm³/mol. The van der Waals surface area contributed by atoms with Crippen LogP contribution in [-0.2, 0) is 14.3 Å². The van der Waals surface area contributed by atoms with Crippen LogP contribution in [0.1, 0.15) is 35.7 Å². The number of esters is 1. The molecule has 2 aromatic carbocycles. The SMILES string of the molecule is COC(=O)CNC(=O)c1ccc(NC(=O)COc2ccc(C(C)C)cc2)cc1. The Kier molecular flexibility index (Phi) is 7.56. The minimum atomic E-state index is -0.531. The summed E-state index contributed by atoms with van der Waals surface area (Å²) in [5, 5.41) is 5.14. The molecule has 0 aliphatic carbocycles. The van der Waals surface area contributed by atoms with Gasteiger partial charge in [0.1, 0.15) is 12.3 Å². The smallest absolute Gasteiger partial charge is 0.325 e. The standard InChI is InChI=1S/C21H24N2O5/c1-14(2)15-6-10-18(11-7-15)28-13-19(24)23-17-8-4-16(5-9-17)21(26)22-12-20(25)27-3/h4-11,14H,12-13H2,1-3H3,(H,22,26)(H,23,24). The van der Waals surface area contributed by atoms with Gasteiger partial charge in [0.05, 0.1) is 7.11 Å². The van der Waals surface area contributed by atoms with E-state index in [0.29, 0.717) is 22.9 Å². The second kappa shape index (κ2) is 10.1. The van der Waals surface area contributed by atoms with Crippen LogP contribution in [0.15, 0.2) is 48.5 Å². The van der Waals surface area contributed by atoms with Crippen molar-refractivity contribution in [3.05, 3.63) is 59.7 Å². The van der Waals surface area contributed by atoms with Crippen LogP contribution < -0.4 is 15.4 Å². The second-order valence-corrected chi connectivity index (χ2v) is 6.40. The molecule has 148 valence electrons. The number of amides is 2. The van der Waals surface area contributed by atoms with E-state index in [1.54, 1.807) is 24.3 Å². The number of ether oxygens (including phenoxy) is 2. The molecule has 0 radical (unpaired) electrons. The van der Waals surface area contributed by atoms with E-state index in [1.807, 2.05) is 24.3 Å². The van der Waals surface area contributed by atoms with Crippen molar-refractivity contribution in [2.75, 3.05) is 25.6 Å². The fourth-order valence-corrected chi connectivity index (χ4v) is 2.33. The summed E-state index contributed by atoms with van der Waals surface area (Å²) in [5.74, 6) is -0.191. The van der Waals surface area contributed by atoms with Crippen molar-refractivity contribution in [2.45, 2.75) is 19.8 Å². The Morgan fingerprint density at radius 3 is 2.18 bits per heavy atom. The lowest BCUT2D eigenvalue weighted by Crippen LogP contribution is -2.30. The molecule has 2 aromatic rings. The number of rotatable bonds is 8. The van der Waals surface area contributed by atoms with Crippen molar-refractivity contribution >= 4 is 23.5 Å². The van der Waals surface area contributed by atoms with E-state index >= 15 is 0 Å². The maximum atomic E-state index is 12.0. The highest BCUT2D eigenvalue weighted by Gasteiger charge is 2.09. The zero-order valence-corrected chi connectivity index (χ0v) is 16.2. The molecule has 0 aliphatic heterocycles. The van der Waals surface area contributed by atoms with Crippen LogP contribution in [0.2, 0.25) is 0 Å². The third kappa shape index (κ3) is 6.42. The quantitative estimate of drug-likeness (QED) is 0.683. The van der Waals surface area contributed by atoms with Gasteiger partial charge in [-0.15, -0.1) is 0 Å². The molecule has 0 aliphatic rings. The lowest BCUT2D eigenvalue weighted by atomic mass is 10.0. The normalized spacial score (nSPS) is 10.3. The summed E-state index contributed by atoms with van der Waals surface area (Å²) in [6.45, 7) is 3.89. The van der Waals surface area contributed by atoms with Gasteiger partial charge in [-0.3, -0.25) is 14.4 Å². The first-order chi connectivity index (χ1) is 13.4. The Labute approximate surface area is 164 Å². The van der Waals surface area contributed by atoms with Crippen molar-refractivity contribution in [2.24, 2.45) is 0 Å². The molecule has 0 atom stereocenters. The summed E-state index contributed by atoms with van der Waals surface area (Å²) in [6.07, 6.45) is 0. The van der Waals surface area contributed by atoms with Gasteiger partial charge in [-0.05, 0) is 47.9 Å². The predicted octanol–water partition coefficient (Wildman–Crippen LogP) is 2.73. The van der Waals surface area contributed by atoms with Gasteiger partial charge in [-0.2, -0.15) is 0 Å². The highest BCUT2D eigenvalue weighted by atomic mass is 16.5. The molecular formula is C21H24N2O5. The van der Waals surface area contributed by atoms with Crippen molar-refractivity contribution in [3.8, 4) is 5.75 Å². The van der Waals surface area contributed by atoms with Crippen LogP contribution in [0.4, 0.5) is 5.69 Å². The van der Waals surface area contributed by atoms with Crippen molar-refractivity contribution in [1.29, 1.82) is 0 Å². The number of hydrogen-bond acceptors (Lipinski definition) is 5. The molecule has 7 heteroatoms. The molecule has 0 saturated heterocycles. The lowest BCUT2D eigenvalue weighted by molar-refractivity contribution is -0.139.